The second-order valence-electron chi connectivity index (χ2n) is 10.5. The molecule has 2 N–H and O–H groups in total. The van der Waals surface area contributed by atoms with Crippen LogP contribution in [0.15, 0.2) is 24.4 Å². The number of H-pyrrole nitrogens is 1. The van der Waals surface area contributed by atoms with E-state index in [2.05, 4.69) is 43.3 Å². The van der Waals surface area contributed by atoms with Gasteiger partial charge in [0.1, 0.15) is 5.82 Å². The molecule has 2 aromatic rings. The van der Waals surface area contributed by atoms with Gasteiger partial charge in [-0.1, -0.05) is 26.0 Å². The first-order valence-corrected chi connectivity index (χ1v) is 14.1. The van der Waals surface area contributed by atoms with Crippen molar-refractivity contribution in [2.75, 3.05) is 33.2 Å². The van der Waals surface area contributed by atoms with Crippen molar-refractivity contribution in [2.45, 2.75) is 83.3 Å². The summed E-state index contributed by atoms with van der Waals surface area (Å²) in [5.74, 6) is 1.76. The Bertz CT molecular complexity index is 987. The topological polar surface area (TPSA) is 60.1 Å². The molecule has 35 heavy (non-hydrogen) atoms. The van der Waals surface area contributed by atoms with Crippen molar-refractivity contribution < 1.29 is 0 Å². The number of nitrogens with zero attached hydrogens (tertiary/aromatic N) is 4. The molecule has 0 bridgehead atoms. The summed E-state index contributed by atoms with van der Waals surface area (Å²) in [7, 11) is 1.98. The molecule has 0 aromatic carbocycles. The minimum Gasteiger partial charge on any atom is -0.343 e. The number of fused-ring (bicyclic) bond motifs is 5. The van der Waals surface area contributed by atoms with Gasteiger partial charge in [0.05, 0.1) is 23.5 Å². The maximum absolute atomic E-state index is 4.81. The highest BCUT2D eigenvalue weighted by Crippen LogP contribution is 2.60. The number of aryl methyl sites for hydroxylation is 2. The van der Waals surface area contributed by atoms with Crippen molar-refractivity contribution in [1.82, 2.24) is 30.1 Å². The van der Waals surface area contributed by atoms with Gasteiger partial charge in [-0.2, -0.15) is 0 Å². The van der Waals surface area contributed by atoms with Crippen LogP contribution in [-0.2, 0) is 24.9 Å². The minimum atomic E-state index is 0.224. The molecule has 7 rings (SSSR count). The SMILES string of the molecule is CC.CNCc1nc2c([nH]1)C1(N3CCCN4CCC[C@@H]4C3)CC1C=C2.c1cnc2c(c1)CCCC2. The molecule has 2 saturated heterocycles. The van der Waals surface area contributed by atoms with E-state index in [1.165, 1.54) is 100 Å². The number of aromatic amines is 1. The molecular weight excluding hydrogens is 432 g/mol. The highest BCUT2D eigenvalue weighted by Gasteiger charge is 2.61. The van der Waals surface area contributed by atoms with E-state index >= 15 is 0 Å². The van der Waals surface area contributed by atoms with E-state index in [1.807, 2.05) is 33.2 Å². The Hall–Kier alpha value is -2.02. The molecule has 3 aliphatic carbocycles. The van der Waals surface area contributed by atoms with Crippen LogP contribution in [0.5, 0.6) is 0 Å². The molecule has 0 spiro atoms. The van der Waals surface area contributed by atoms with Crippen LogP contribution >= 0.6 is 0 Å². The molecule has 6 heteroatoms. The maximum Gasteiger partial charge on any atom is 0.121 e. The molecular formula is C29H44N6. The van der Waals surface area contributed by atoms with Gasteiger partial charge in [0.2, 0.25) is 0 Å². The summed E-state index contributed by atoms with van der Waals surface area (Å²) in [5.41, 5.74) is 5.59. The Kier molecular flexibility index (Phi) is 7.71. The normalized spacial score (nSPS) is 28.8. The summed E-state index contributed by atoms with van der Waals surface area (Å²) in [6.45, 7) is 9.90. The monoisotopic (exact) mass is 476 g/mol. The van der Waals surface area contributed by atoms with Crippen LogP contribution in [0.25, 0.3) is 6.08 Å². The van der Waals surface area contributed by atoms with Gasteiger partial charge in [-0.15, -0.1) is 0 Å². The average Bonchev–Trinajstić information content (AvgIpc) is 3.37. The van der Waals surface area contributed by atoms with Crippen LogP contribution in [-0.4, -0.2) is 64.0 Å². The summed E-state index contributed by atoms with van der Waals surface area (Å²) in [6.07, 6.45) is 17.0. The number of aromatic nitrogens is 3. The fourth-order valence-electron chi connectivity index (χ4n) is 6.76. The van der Waals surface area contributed by atoms with Crippen molar-refractivity contribution in [3.8, 4) is 0 Å². The zero-order chi connectivity index (χ0) is 24.3. The first kappa shape index (κ1) is 24.7. The highest BCUT2D eigenvalue weighted by atomic mass is 15.3. The van der Waals surface area contributed by atoms with Crippen molar-refractivity contribution in [2.24, 2.45) is 5.92 Å². The van der Waals surface area contributed by atoms with Gasteiger partial charge in [-0.05, 0) is 89.2 Å². The molecule has 2 aliphatic heterocycles. The van der Waals surface area contributed by atoms with Gasteiger partial charge < -0.3 is 10.3 Å². The molecule has 3 atom stereocenters. The van der Waals surface area contributed by atoms with Crippen LogP contribution in [0.3, 0.4) is 0 Å². The molecule has 1 saturated carbocycles. The molecule has 2 unspecified atom stereocenters. The summed E-state index contributed by atoms with van der Waals surface area (Å²) in [5, 5.41) is 3.22. The molecule has 0 radical (unpaired) electrons. The Balaban J connectivity index is 0.000000177. The molecule has 4 heterocycles. The molecule has 0 amide bonds. The largest absolute Gasteiger partial charge is 0.343 e. The minimum absolute atomic E-state index is 0.224. The summed E-state index contributed by atoms with van der Waals surface area (Å²) < 4.78 is 0. The third-order valence-corrected chi connectivity index (χ3v) is 8.49. The van der Waals surface area contributed by atoms with E-state index in [4.69, 9.17) is 4.98 Å². The Labute approximate surface area is 211 Å². The Morgan fingerprint density at radius 2 is 1.97 bits per heavy atom. The zero-order valence-electron chi connectivity index (χ0n) is 22.0. The third kappa shape index (κ3) is 4.85. The van der Waals surface area contributed by atoms with E-state index in [9.17, 15) is 0 Å². The lowest BCUT2D eigenvalue weighted by molar-refractivity contribution is 0.145. The van der Waals surface area contributed by atoms with Crippen molar-refractivity contribution in [3.63, 3.8) is 0 Å². The third-order valence-electron chi connectivity index (χ3n) is 8.49. The predicted molar refractivity (Wildman–Crippen MR) is 143 cm³/mol. The van der Waals surface area contributed by atoms with Gasteiger partial charge in [0, 0.05) is 36.9 Å². The fourth-order valence-corrected chi connectivity index (χ4v) is 6.76. The van der Waals surface area contributed by atoms with Crippen molar-refractivity contribution >= 4 is 6.08 Å². The van der Waals surface area contributed by atoms with Crippen molar-refractivity contribution in [1.29, 1.82) is 0 Å². The average molecular weight is 477 g/mol. The zero-order valence-corrected chi connectivity index (χ0v) is 22.0. The second kappa shape index (κ2) is 10.9. The number of imidazole rings is 1. The first-order valence-electron chi connectivity index (χ1n) is 14.1. The van der Waals surface area contributed by atoms with Gasteiger partial charge in [-0.25, -0.2) is 4.98 Å². The van der Waals surface area contributed by atoms with E-state index in [0.717, 1.165) is 18.4 Å². The van der Waals surface area contributed by atoms with Crippen LogP contribution in [0.1, 0.15) is 80.8 Å². The molecule has 3 fully saturated rings. The Morgan fingerprint density at radius 3 is 2.83 bits per heavy atom. The standard InChI is InChI=1S/C18H27N5.C9H11N.C2H6/c1-19-11-16-20-15-6-5-13-10-18(13,17(15)21-16)23-9-3-8-22-7-2-4-14(22)12-23;1-2-6-9-8(4-1)5-3-7-10-9;1-2/h5-6,13-14,19H,2-4,7-12H2,1H3,(H,20,21);3,5,7H,1-2,4,6H2;1-2H3/t13?,14-,18?;;/m1../s1. The van der Waals surface area contributed by atoms with E-state index < -0.39 is 0 Å². The number of rotatable bonds is 3. The molecule has 190 valence electrons. The second-order valence-corrected chi connectivity index (χ2v) is 10.5. The summed E-state index contributed by atoms with van der Waals surface area (Å²) in [4.78, 5) is 18.3. The maximum atomic E-state index is 4.81. The Morgan fingerprint density at radius 1 is 1.11 bits per heavy atom. The van der Waals surface area contributed by atoms with Crippen LogP contribution in [0, 0.1) is 5.92 Å². The number of pyridine rings is 1. The number of hydrogen-bond acceptors (Lipinski definition) is 5. The lowest BCUT2D eigenvalue weighted by Gasteiger charge is -2.34. The quantitative estimate of drug-likeness (QED) is 0.682. The van der Waals surface area contributed by atoms with Gasteiger partial charge in [0.25, 0.3) is 0 Å². The predicted octanol–water partition coefficient (Wildman–Crippen LogP) is 4.53. The van der Waals surface area contributed by atoms with Gasteiger partial charge in [-0.3, -0.25) is 14.8 Å². The first-order chi connectivity index (χ1) is 17.3. The summed E-state index contributed by atoms with van der Waals surface area (Å²) in [6, 6.07) is 5.01. The number of hydrogen-bond donors (Lipinski definition) is 2. The van der Waals surface area contributed by atoms with Crippen LogP contribution in [0.2, 0.25) is 0 Å². The lowest BCUT2D eigenvalue weighted by Crippen LogP contribution is -2.44. The van der Waals surface area contributed by atoms with E-state index in [-0.39, 0.29) is 5.54 Å². The smallest absolute Gasteiger partial charge is 0.121 e. The van der Waals surface area contributed by atoms with Gasteiger partial charge >= 0.3 is 0 Å². The highest BCUT2D eigenvalue weighted by molar-refractivity contribution is 5.59. The summed E-state index contributed by atoms with van der Waals surface area (Å²) >= 11 is 0. The van der Waals surface area contributed by atoms with Gasteiger partial charge in [0.15, 0.2) is 0 Å². The lowest BCUT2D eigenvalue weighted by atomic mass is 9.96. The molecule has 6 nitrogen and oxygen atoms in total. The van der Waals surface area contributed by atoms with Crippen molar-refractivity contribution in [3.05, 3.63) is 52.9 Å². The molecule has 2 aromatic heterocycles. The van der Waals surface area contributed by atoms with Crippen LogP contribution < -0.4 is 5.32 Å². The van der Waals surface area contributed by atoms with E-state index in [1.54, 1.807) is 0 Å². The number of nitrogens with one attached hydrogen (secondary N) is 2. The fraction of sp³-hybridized carbons (Fsp3) is 0.655. The van der Waals surface area contributed by atoms with E-state index in [0.29, 0.717) is 5.92 Å². The molecule has 5 aliphatic rings. The van der Waals surface area contributed by atoms with Crippen LogP contribution in [0.4, 0.5) is 0 Å².